The molecule has 2 aliphatic rings. The van der Waals surface area contributed by atoms with Gasteiger partial charge in [-0.05, 0) is 55.2 Å². The number of hydrogen-bond acceptors (Lipinski definition) is 2. The predicted molar refractivity (Wildman–Crippen MR) is 87.8 cm³/mol. The molecule has 0 heterocycles. The third-order valence-corrected chi connectivity index (χ3v) is 5.69. The van der Waals surface area contributed by atoms with E-state index in [2.05, 4.69) is 32.2 Å². The van der Waals surface area contributed by atoms with Crippen molar-refractivity contribution in [2.24, 2.45) is 5.92 Å². The SMILES string of the molecule is Cc1ccc(O)c2c1C(C)CC2NC1CCCCCC1C. The number of aryl methyl sites for hydroxylation is 1. The van der Waals surface area contributed by atoms with Crippen LogP contribution in [0.2, 0.25) is 0 Å². The van der Waals surface area contributed by atoms with Gasteiger partial charge in [0.1, 0.15) is 5.75 Å². The van der Waals surface area contributed by atoms with Gasteiger partial charge in [-0.3, -0.25) is 0 Å². The van der Waals surface area contributed by atoms with Gasteiger partial charge in [0.15, 0.2) is 0 Å². The van der Waals surface area contributed by atoms with Crippen LogP contribution in [0.15, 0.2) is 12.1 Å². The standard InChI is InChI=1S/C19H29NO/c1-12-7-5-4-6-8-15(12)20-16-11-14(3)18-13(2)9-10-17(21)19(16)18/h9-10,12,14-16,20-21H,4-8,11H2,1-3H3. The van der Waals surface area contributed by atoms with E-state index in [0.29, 0.717) is 23.8 Å². The highest BCUT2D eigenvalue weighted by molar-refractivity contribution is 5.50. The van der Waals surface area contributed by atoms with E-state index in [1.807, 2.05) is 6.07 Å². The zero-order chi connectivity index (χ0) is 15.0. The summed E-state index contributed by atoms with van der Waals surface area (Å²) in [4.78, 5) is 0. The maximum absolute atomic E-state index is 10.4. The Morgan fingerprint density at radius 2 is 1.81 bits per heavy atom. The van der Waals surface area contributed by atoms with E-state index in [-0.39, 0.29) is 0 Å². The van der Waals surface area contributed by atoms with Gasteiger partial charge in [-0.1, -0.05) is 39.2 Å². The van der Waals surface area contributed by atoms with Gasteiger partial charge in [-0.2, -0.15) is 0 Å². The summed E-state index contributed by atoms with van der Waals surface area (Å²) in [5.41, 5.74) is 3.89. The van der Waals surface area contributed by atoms with Crippen molar-refractivity contribution in [3.63, 3.8) is 0 Å². The molecule has 1 saturated carbocycles. The molecule has 0 radical (unpaired) electrons. The van der Waals surface area contributed by atoms with E-state index in [1.165, 1.54) is 48.8 Å². The molecule has 1 fully saturated rings. The second kappa shape index (κ2) is 6.00. The molecule has 2 nitrogen and oxygen atoms in total. The van der Waals surface area contributed by atoms with Crippen molar-refractivity contribution >= 4 is 0 Å². The summed E-state index contributed by atoms with van der Waals surface area (Å²) in [5.74, 6) is 1.78. The van der Waals surface area contributed by atoms with Gasteiger partial charge in [0.25, 0.3) is 0 Å². The van der Waals surface area contributed by atoms with Crippen molar-refractivity contribution in [2.75, 3.05) is 0 Å². The third-order valence-electron chi connectivity index (χ3n) is 5.69. The quantitative estimate of drug-likeness (QED) is 0.765. The second-order valence-electron chi connectivity index (χ2n) is 7.31. The van der Waals surface area contributed by atoms with Crippen LogP contribution in [0.25, 0.3) is 0 Å². The lowest BCUT2D eigenvalue weighted by molar-refractivity contribution is 0.314. The van der Waals surface area contributed by atoms with Crippen LogP contribution < -0.4 is 5.32 Å². The molecule has 2 heteroatoms. The van der Waals surface area contributed by atoms with Crippen molar-refractivity contribution in [3.8, 4) is 5.75 Å². The van der Waals surface area contributed by atoms with Crippen LogP contribution in [-0.2, 0) is 0 Å². The molecule has 1 aromatic rings. The van der Waals surface area contributed by atoms with Crippen LogP contribution >= 0.6 is 0 Å². The van der Waals surface area contributed by atoms with E-state index in [1.54, 1.807) is 0 Å². The highest BCUT2D eigenvalue weighted by atomic mass is 16.3. The number of phenols is 1. The molecule has 116 valence electrons. The van der Waals surface area contributed by atoms with Crippen molar-refractivity contribution < 1.29 is 5.11 Å². The Morgan fingerprint density at radius 1 is 1.05 bits per heavy atom. The molecule has 4 unspecified atom stereocenters. The lowest BCUT2D eigenvalue weighted by Crippen LogP contribution is -2.36. The number of hydrogen-bond donors (Lipinski definition) is 2. The Balaban J connectivity index is 1.84. The smallest absolute Gasteiger partial charge is 0.120 e. The van der Waals surface area contributed by atoms with Crippen LogP contribution in [0.4, 0.5) is 0 Å². The molecule has 1 aromatic carbocycles. The first kappa shape index (κ1) is 14.9. The summed E-state index contributed by atoms with van der Waals surface area (Å²) in [7, 11) is 0. The number of phenolic OH excluding ortho intramolecular Hbond substituents is 1. The Hall–Kier alpha value is -1.02. The van der Waals surface area contributed by atoms with E-state index in [9.17, 15) is 5.11 Å². The summed E-state index contributed by atoms with van der Waals surface area (Å²) >= 11 is 0. The largest absolute Gasteiger partial charge is 0.508 e. The molecule has 3 rings (SSSR count). The van der Waals surface area contributed by atoms with Crippen LogP contribution in [0.5, 0.6) is 5.75 Å². The molecular formula is C19H29NO. The molecular weight excluding hydrogens is 258 g/mol. The van der Waals surface area contributed by atoms with E-state index < -0.39 is 0 Å². The van der Waals surface area contributed by atoms with E-state index in [4.69, 9.17) is 0 Å². The predicted octanol–water partition coefficient (Wildman–Crippen LogP) is 4.81. The lowest BCUT2D eigenvalue weighted by atomic mass is 9.94. The van der Waals surface area contributed by atoms with Gasteiger partial charge in [-0.15, -0.1) is 0 Å². The molecule has 0 saturated heterocycles. The van der Waals surface area contributed by atoms with Gasteiger partial charge in [0, 0.05) is 17.6 Å². The van der Waals surface area contributed by atoms with Gasteiger partial charge in [0.05, 0.1) is 0 Å². The van der Waals surface area contributed by atoms with Crippen LogP contribution in [0.3, 0.4) is 0 Å². The number of fused-ring (bicyclic) bond motifs is 1. The normalized spacial score (nSPS) is 32.7. The summed E-state index contributed by atoms with van der Waals surface area (Å²) < 4.78 is 0. The maximum Gasteiger partial charge on any atom is 0.120 e. The fourth-order valence-corrected chi connectivity index (χ4v) is 4.49. The Labute approximate surface area is 129 Å². The second-order valence-corrected chi connectivity index (χ2v) is 7.31. The third kappa shape index (κ3) is 2.83. The lowest BCUT2D eigenvalue weighted by Gasteiger charge is -2.27. The molecule has 4 atom stereocenters. The van der Waals surface area contributed by atoms with Crippen LogP contribution in [0.1, 0.15) is 81.0 Å². The van der Waals surface area contributed by atoms with Crippen molar-refractivity contribution in [3.05, 3.63) is 28.8 Å². The minimum absolute atomic E-state index is 0.334. The van der Waals surface area contributed by atoms with E-state index >= 15 is 0 Å². The Morgan fingerprint density at radius 3 is 2.62 bits per heavy atom. The minimum Gasteiger partial charge on any atom is -0.508 e. The monoisotopic (exact) mass is 287 g/mol. The highest BCUT2D eigenvalue weighted by Gasteiger charge is 2.34. The molecule has 21 heavy (non-hydrogen) atoms. The van der Waals surface area contributed by atoms with Crippen LogP contribution in [-0.4, -0.2) is 11.1 Å². The topological polar surface area (TPSA) is 32.3 Å². The number of rotatable bonds is 2. The maximum atomic E-state index is 10.4. The highest BCUT2D eigenvalue weighted by Crippen LogP contribution is 2.46. The van der Waals surface area contributed by atoms with Gasteiger partial charge >= 0.3 is 0 Å². The van der Waals surface area contributed by atoms with Crippen molar-refractivity contribution in [1.29, 1.82) is 0 Å². The average molecular weight is 287 g/mol. The average Bonchev–Trinajstić information content (AvgIpc) is 2.65. The molecule has 0 spiro atoms. The molecule has 2 aliphatic carbocycles. The molecule has 2 N–H and O–H groups in total. The molecule has 0 bridgehead atoms. The first-order chi connectivity index (χ1) is 10.1. The van der Waals surface area contributed by atoms with Gasteiger partial charge in [-0.25, -0.2) is 0 Å². The van der Waals surface area contributed by atoms with Gasteiger partial charge < -0.3 is 10.4 Å². The Kier molecular flexibility index (Phi) is 4.26. The first-order valence-electron chi connectivity index (χ1n) is 8.66. The van der Waals surface area contributed by atoms with Crippen molar-refractivity contribution in [1.82, 2.24) is 5.32 Å². The number of nitrogens with one attached hydrogen (secondary N) is 1. The fourth-order valence-electron chi connectivity index (χ4n) is 4.49. The summed E-state index contributed by atoms with van der Waals surface area (Å²) in [6.45, 7) is 6.85. The number of benzene rings is 1. The molecule has 0 aliphatic heterocycles. The minimum atomic E-state index is 0.334. The zero-order valence-corrected chi connectivity index (χ0v) is 13.7. The van der Waals surface area contributed by atoms with Crippen molar-refractivity contribution in [2.45, 2.75) is 77.3 Å². The fraction of sp³-hybridized carbons (Fsp3) is 0.684. The first-order valence-corrected chi connectivity index (χ1v) is 8.66. The van der Waals surface area contributed by atoms with E-state index in [0.717, 1.165) is 12.3 Å². The molecule has 0 aromatic heterocycles. The number of aromatic hydroxyl groups is 1. The summed E-state index contributed by atoms with van der Waals surface area (Å²) in [6.07, 6.45) is 7.85. The zero-order valence-electron chi connectivity index (χ0n) is 13.7. The summed E-state index contributed by atoms with van der Waals surface area (Å²) in [5, 5.41) is 14.3. The summed E-state index contributed by atoms with van der Waals surface area (Å²) in [6, 6.07) is 4.87. The Bertz CT molecular complexity index is 511. The molecule has 0 amide bonds. The van der Waals surface area contributed by atoms with Gasteiger partial charge in [0.2, 0.25) is 0 Å². The van der Waals surface area contributed by atoms with Crippen LogP contribution in [0, 0.1) is 12.8 Å².